The predicted molar refractivity (Wildman–Crippen MR) is 97.2 cm³/mol. The summed E-state index contributed by atoms with van der Waals surface area (Å²) in [7, 11) is -3.83. The Morgan fingerprint density at radius 2 is 1.88 bits per heavy atom. The average Bonchev–Trinajstić information content (AvgIpc) is 2.50. The number of amides is 1. The van der Waals surface area contributed by atoms with Crippen LogP contribution in [0.15, 0.2) is 41.3 Å². The number of nitrogens with one attached hydrogen (secondary N) is 1. The highest BCUT2D eigenvalue weighted by molar-refractivity contribution is 7.89. The van der Waals surface area contributed by atoms with Crippen LogP contribution in [0.1, 0.15) is 23.1 Å². The summed E-state index contributed by atoms with van der Waals surface area (Å²) < 4.78 is 28.6. The molecule has 25 heavy (non-hydrogen) atoms. The van der Waals surface area contributed by atoms with Gasteiger partial charge in [0.2, 0.25) is 15.9 Å². The van der Waals surface area contributed by atoms with Crippen molar-refractivity contribution >= 4 is 21.6 Å². The van der Waals surface area contributed by atoms with Crippen molar-refractivity contribution in [2.24, 2.45) is 5.14 Å². The van der Waals surface area contributed by atoms with Gasteiger partial charge in [-0.25, -0.2) is 13.6 Å². The number of nitrogens with two attached hydrogens (primary N) is 1. The molecule has 0 bridgehead atoms. The van der Waals surface area contributed by atoms with Crippen LogP contribution in [0.2, 0.25) is 0 Å². The van der Waals surface area contributed by atoms with Crippen LogP contribution in [0.5, 0.6) is 5.75 Å². The number of anilines is 1. The van der Waals surface area contributed by atoms with E-state index in [1.807, 2.05) is 31.2 Å². The fraction of sp³-hybridized carbons (Fsp3) is 0.278. The minimum absolute atomic E-state index is 0.0260. The third kappa shape index (κ3) is 5.30. The molecule has 0 saturated carbocycles. The molecule has 6 nitrogen and oxygen atoms in total. The van der Waals surface area contributed by atoms with Crippen LogP contribution in [0, 0.1) is 20.8 Å². The highest BCUT2D eigenvalue weighted by atomic mass is 32.2. The topological polar surface area (TPSA) is 98.5 Å². The fourth-order valence-electron chi connectivity index (χ4n) is 2.30. The number of hydrogen-bond donors (Lipinski definition) is 2. The minimum atomic E-state index is -3.83. The molecule has 0 spiro atoms. The maximum Gasteiger partial charge on any atom is 0.238 e. The summed E-state index contributed by atoms with van der Waals surface area (Å²) in [5.74, 6) is 0.442. The van der Waals surface area contributed by atoms with Crippen molar-refractivity contribution in [3.8, 4) is 5.75 Å². The maximum absolute atomic E-state index is 12.1. The van der Waals surface area contributed by atoms with E-state index in [9.17, 15) is 13.2 Å². The van der Waals surface area contributed by atoms with Crippen molar-refractivity contribution in [3.05, 3.63) is 53.1 Å². The van der Waals surface area contributed by atoms with E-state index in [2.05, 4.69) is 5.32 Å². The standard InChI is InChI=1S/C18H22N2O4S/c1-12-5-4-6-15(9-12)24-8-7-18(21)20-17-11-16(25(19,22)23)10-13(2)14(17)3/h4-6,9-11H,7-8H2,1-3H3,(H,20,21)(H2,19,22,23). The molecule has 0 saturated heterocycles. The summed E-state index contributed by atoms with van der Waals surface area (Å²) in [5.41, 5.74) is 3.04. The van der Waals surface area contributed by atoms with Crippen molar-refractivity contribution < 1.29 is 17.9 Å². The molecule has 0 fully saturated rings. The van der Waals surface area contributed by atoms with Gasteiger partial charge in [0, 0.05) is 5.69 Å². The van der Waals surface area contributed by atoms with Crippen molar-refractivity contribution in [1.82, 2.24) is 0 Å². The first-order valence-electron chi connectivity index (χ1n) is 7.80. The molecule has 2 aromatic carbocycles. The zero-order valence-corrected chi connectivity index (χ0v) is 15.3. The first-order chi connectivity index (χ1) is 11.7. The van der Waals surface area contributed by atoms with E-state index in [1.54, 1.807) is 13.8 Å². The third-order valence-electron chi connectivity index (χ3n) is 3.83. The van der Waals surface area contributed by atoms with E-state index in [-0.39, 0.29) is 23.8 Å². The lowest BCUT2D eigenvalue weighted by Gasteiger charge is -2.13. The molecular weight excluding hydrogens is 340 g/mol. The van der Waals surface area contributed by atoms with E-state index in [1.165, 1.54) is 12.1 Å². The molecule has 0 aliphatic rings. The Bertz CT molecular complexity index is 892. The van der Waals surface area contributed by atoms with Crippen LogP contribution in [0.25, 0.3) is 0 Å². The number of primary sulfonamides is 1. The molecule has 7 heteroatoms. The quantitative estimate of drug-likeness (QED) is 0.825. The minimum Gasteiger partial charge on any atom is -0.493 e. The van der Waals surface area contributed by atoms with Crippen molar-refractivity contribution in [2.75, 3.05) is 11.9 Å². The predicted octanol–water partition coefficient (Wildman–Crippen LogP) is 2.67. The first kappa shape index (κ1) is 19.0. The van der Waals surface area contributed by atoms with Crippen LogP contribution < -0.4 is 15.2 Å². The Hall–Kier alpha value is -2.38. The number of sulfonamides is 1. The van der Waals surface area contributed by atoms with Gasteiger partial charge in [-0.15, -0.1) is 0 Å². The molecule has 3 N–H and O–H groups in total. The van der Waals surface area contributed by atoms with E-state index in [0.717, 1.165) is 16.7 Å². The summed E-state index contributed by atoms with van der Waals surface area (Å²) >= 11 is 0. The number of rotatable bonds is 6. The second kappa shape index (κ2) is 7.67. The summed E-state index contributed by atoms with van der Waals surface area (Å²) in [6.07, 6.45) is 0.145. The van der Waals surface area contributed by atoms with Gasteiger partial charge in [-0.1, -0.05) is 12.1 Å². The lowest BCUT2D eigenvalue weighted by Crippen LogP contribution is -2.18. The Morgan fingerprint density at radius 1 is 1.16 bits per heavy atom. The Morgan fingerprint density at radius 3 is 2.52 bits per heavy atom. The van der Waals surface area contributed by atoms with E-state index < -0.39 is 10.0 Å². The monoisotopic (exact) mass is 362 g/mol. The van der Waals surface area contributed by atoms with Gasteiger partial charge in [0.25, 0.3) is 0 Å². The van der Waals surface area contributed by atoms with Crippen LogP contribution in [-0.4, -0.2) is 20.9 Å². The van der Waals surface area contributed by atoms with Gasteiger partial charge in [-0.3, -0.25) is 4.79 Å². The van der Waals surface area contributed by atoms with E-state index in [0.29, 0.717) is 11.4 Å². The van der Waals surface area contributed by atoms with Crippen molar-refractivity contribution in [3.63, 3.8) is 0 Å². The summed E-state index contributed by atoms with van der Waals surface area (Å²) in [5, 5.41) is 7.89. The molecule has 1 amide bonds. The number of carbonyl (C=O) groups excluding carboxylic acids is 1. The normalized spacial score (nSPS) is 11.2. The summed E-state index contributed by atoms with van der Waals surface area (Å²) in [4.78, 5) is 12.1. The van der Waals surface area contributed by atoms with Crippen molar-refractivity contribution in [1.29, 1.82) is 0 Å². The first-order valence-corrected chi connectivity index (χ1v) is 9.35. The average molecular weight is 362 g/mol. The van der Waals surface area contributed by atoms with Gasteiger partial charge >= 0.3 is 0 Å². The number of benzene rings is 2. The molecule has 0 aliphatic heterocycles. The second-order valence-electron chi connectivity index (χ2n) is 5.92. The van der Waals surface area contributed by atoms with Crippen LogP contribution in [0.4, 0.5) is 5.69 Å². The lowest BCUT2D eigenvalue weighted by molar-refractivity contribution is -0.116. The van der Waals surface area contributed by atoms with Gasteiger partial charge in [-0.2, -0.15) is 0 Å². The fourth-order valence-corrected chi connectivity index (χ4v) is 2.92. The van der Waals surface area contributed by atoms with E-state index >= 15 is 0 Å². The van der Waals surface area contributed by atoms with Gasteiger partial charge in [0.15, 0.2) is 0 Å². The Labute approximate surface area is 148 Å². The molecule has 0 heterocycles. The molecular formula is C18H22N2O4S. The molecule has 0 atom stereocenters. The molecule has 0 unspecified atom stereocenters. The molecule has 0 radical (unpaired) electrons. The number of aryl methyl sites for hydroxylation is 2. The number of ether oxygens (including phenoxy) is 1. The summed E-state index contributed by atoms with van der Waals surface area (Å²) in [6.45, 7) is 5.76. The number of carbonyl (C=O) groups is 1. The zero-order valence-electron chi connectivity index (χ0n) is 14.5. The Balaban J connectivity index is 2.01. The van der Waals surface area contributed by atoms with Gasteiger partial charge in [0.1, 0.15) is 5.75 Å². The van der Waals surface area contributed by atoms with Gasteiger partial charge < -0.3 is 10.1 Å². The second-order valence-corrected chi connectivity index (χ2v) is 7.48. The lowest BCUT2D eigenvalue weighted by atomic mass is 10.1. The van der Waals surface area contributed by atoms with Crippen molar-refractivity contribution in [2.45, 2.75) is 32.1 Å². The SMILES string of the molecule is Cc1cccc(OCCC(=O)Nc2cc(S(N)(=O)=O)cc(C)c2C)c1. The maximum atomic E-state index is 12.1. The van der Waals surface area contributed by atoms with Gasteiger partial charge in [0.05, 0.1) is 17.9 Å². The van der Waals surface area contributed by atoms with Crippen LogP contribution in [0.3, 0.4) is 0 Å². The highest BCUT2D eigenvalue weighted by Gasteiger charge is 2.14. The highest BCUT2D eigenvalue weighted by Crippen LogP contribution is 2.23. The van der Waals surface area contributed by atoms with Gasteiger partial charge in [-0.05, 0) is 61.7 Å². The Kier molecular flexibility index (Phi) is 5.81. The molecule has 134 valence electrons. The van der Waals surface area contributed by atoms with Crippen LogP contribution in [-0.2, 0) is 14.8 Å². The van der Waals surface area contributed by atoms with Crippen LogP contribution >= 0.6 is 0 Å². The molecule has 0 aliphatic carbocycles. The molecule has 0 aromatic heterocycles. The largest absolute Gasteiger partial charge is 0.493 e. The number of hydrogen-bond acceptors (Lipinski definition) is 4. The third-order valence-corrected chi connectivity index (χ3v) is 4.72. The summed E-state index contributed by atoms with van der Waals surface area (Å²) in [6, 6.07) is 10.4. The molecule has 2 rings (SSSR count). The van der Waals surface area contributed by atoms with E-state index in [4.69, 9.17) is 9.88 Å². The smallest absolute Gasteiger partial charge is 0.238 e. The molecule has 2 aromatic rings. The zero-order chi connectivity index (χ0) is 18.6.